The van der Waals surface area contributed by atoms with Crippen LogP contribution in [0.4, 0.5) is 17.3 Å². The maximum absolute atomic E-state index is 12.2. The Morgan fingerprint density at radius 2 is 1.88 bits per heavy atom. The molecule has 11 nitrogen and oxygen atoms in total. The molecule has 0 aliphatic carbocycles. The number of methoxy groups -OCH3 is 1. The van der Waals surface area contributed by atoms with Crippen molar-refractivity contribution in [3.63, 3.8) is 0 Å². The number of nitrogens with one attached hydrogen (secondary N) is 3. The standard InChI is InChI=1S/C20H22N8O3S/c1-13(29)23-15-4-3-5-16(10-15)24-18(30)12-32-20-27-26-19(28(20)21)25-22-11-14-6-8-17(31-2)9-7-14/h3-11H,12,21H2,1-2H3,(H,23,29)(H,24,30)(H,25,26)/b22-11+. The van der Waals surface area contributed by atoms with Crippen molar-refractivity contribution in [2.24, 2.45) is 5.10 Å². The molecule has 2 amide bonds. The second-order valence-corrected chi connectivity index (χ2v) is 7.36. The second kappa shape index (κ2) is 10.8. The quantitative estimate of drug-likeness (QED) is 0.166. The Morgan fingerprint density at radius 3 is 2.56 bits per heavy atom. The Balaban J connectivity index is 1.51. The highest BCUT2D eigenvalue weighted by atomic mass is 32.2. The Labute approximate surface area is 188 Å². The number of ether oxygens (including phenoxy) is 1. The molecule has 0 bridgehead atoms. The maximum atomic E-state index is 12.2. The number of anilines is 3. The van der Waals surface area contributed by atoms with Crippen LogP contribution in [-0.4, -0.2) is 45.8 Å². The van der Waals surface area contributed by atoms with E-state index in [0.29, 0.717) is 16.5 Å². The number of thioether (sulfide) groups is 1. The minimum absolute atomic E-state index is 0.0643. The number of nitrogens with zero attached hydrogens (tertiary/aromatic N) is 4. The van der Waals surface area contributed by atoms with Crippen molar-refractivity contribution in [1.29, 1.82) is 0 Å². The summed E-state index contributed by atoms with van der Waals surface area (Å²) >= 11 is 1.12. The molecule has 2 aromatic carbocycles. The molecule has 0 fully saturated rings. The molecule has 32 heavy (non-hydrogen) atoms. The third-order valence-corrected chi connectivity index (χ3v) is 4.90. The Hall–Kier alpha value is -4.06. The van der Waals surface area contributed by atoms with Crippen LogP contribution in [0, 0.1) is 0 Å². The van der Waals surface area contributed by atoms with Crippen molar-refractivity contribution in [2.45, 2.75) is 12.1 Å². The monoisotopic (exact) mass is 454 g/mol. The van der Waals surface area contributed by atoms with Gasteiger partial charge in [0.05, 0.1) is 19.1 Å². The number of carbonyl (C=O) groups excluding carboxylic acids is 2. The van der Waals surface area contributed by atoms with E-state index in [9.17, 15) is 9.59 Å². The van der Waals surface area contributed by atoms with Crippen molar-refractivity contribution in [1.82, 2.24) is 14.9 Å². The van der Waals surface area contributed by atoms with E-state index in [4.69, 9.17) is 10.6 Å². The van der Waals surface area contributed by atoms with Gasteiger partial charge >= 0.3 is 0 Å². The van der Waals surface area contributed by atoms with E-state index in [0.717, 1.165) is 23.1 Å². The van der Waals surface area contributed by atoms with Gasteiger partial charge in [0, 0.05) is 18.3 Å². The average Bonchev–Trinajstić information content (AvgIpc) is 3.12. The number of nitrogens with two attached hydrogens (primary N) is 1. The minimum atomic E-state index is -0.259. The molecule has 0 aliphatic heterocycles. The highest BCUT2D eigenvalue weighted by molar-refractivity contribution is 7.99. The van der Waals surface area contributed by atoms with E-state index >= 15 is 0 Å². The van der Waals surface area contributed by atoms with Gasteiger partial charge in [-0.15, -0.1) is 10.2 Å². The van der Waals surface area contributed by atoms with Crippen LogP contribution in [0.2, 0.25) is 0 Å². The van der Waals surface area contributed by atoms with Gasteiger partial charge in [-0.1, -0.05) is 17.8 Å². The molecule has 3 aromatic rings. The van der Waals surface area contributed by atoms with E-state index in [1.54, 1.807) is 37.6 Å². The molecule has 0 aliphatic rings. The van der Waals surface area contributed by atoms with Gasteiger partial charge in [-0.05, 0) is 48.0 Å². The molecule has 1 heterocycles. The molecule has 0 unspecified atom stereocenters. The predicted octanol–water partition coefficient (Wildman–Crippen LogP) is 2.14. The molecule has 5 N–H and O–H groups in total. The molecule has 3 rings (SSSR count). The van der Waals surface area contributed by atoms with Gasteiger partial charge in [0.25, 0.3) is 5.95 Å². The summed E-state index contributed by atoms with van der Waals surface area (Å²) in [7, 11) is 1.60. The topological polar surface area (TPSA) is 149 Å². The molecule has 166 valence electrons. The van der Waals surface area contributed by atoms with Crippen molar-refractivity contribution < 1.29 is 14.3 Å². The number of hydrazone groups is 1. The number of aromatic nitrogens is 3. The summed E-state index contributed by atoms with van der Waals surface area (Å²) in [5.41, 5.74) is 4.73. The minimum Gasteiger partial charge on any atom is -0.497 e. The number of hydrogen-bond donors (Lipinski definition) is 4. The zero-order chi connectivity index (χ0) is 22.9. The van der Waals surface area contributed by atoms with Crippen LogP contribution in [0.3, 0.4) is 0 Å². The molecular formula is C20H22N8O3S. The van der Waals surface area contributed by atoms with Gasteiger partial charge < -0.3 is 21.2 Å². The molecule has 0 saturated carbocycles. The Kier molecular flexibility index (Phi) is 7.65. The van der Waals surface area contributed by atoms with Gasteiger partial charge in [0.1, 0.15) is 5.75 Å². The second-order valence-electron chi connectivity index (χ2n) is 6.42. The van der Waals surface area contributed by atoms with E-state index < -0.39 is 0 Å². The number of amides is 2. The highest BCUT2D eigenvalue weighted by Gasteiger charge is 2.12. The fraction of sp³-hybridized carbons (Fsp3) is 0.150. The number of rotatable bonds is 9. The Bertz CT molecular complexity index is 1110. The van der Waals surface area contributed by atoms with Crippen LogP contribution in [-0.2, 0) is 9.59 Å². The third kappa shape index (κ3) is 6.47. The molecular weight excluding hydrogens is 432 g/mol. The van der Waals surface area contributed by atoms with Crippen molar-refractivity contribution in [3.05, 3.63) is 54.1 Å². The van der Waals surface area contributed by atoms with Crippen molar-refractivity contribution >= 4 is 47.1 Å². The van der Waals surface area contributed by atoms with Gasteiger partial charge in [-0.25, -0.2) is 10.1 Å². The largest absolute Gasteiger partial charge is 0.497 e. The first kappa shape index (κ1) is 22.6. The predicted molar refractivity (Wildman–Crippen MR) is 124 cm³/mol. The van der Waals surface area contributed by atoms with Gasteiger partial charge in [0.15, 0.2) is 0 Å². The van der Waals surface area contributed by atoms with Crippen LogP contribution in [0.25, 0.3) is 0 Å². The number of nitrogen functional groups attached to an aromatic ring is 1. The smallest absolute Gasteiger partial charge is 0.264 e. The van der Waals surface area contributed by atoms with Crippen LogP contribution in [0.5, 0.6) is 5.75 Å². The molecule has 0 radical (unpaired) electrons. The summed E-state index contributed by atoms with van der Waals surface area (Å²) in [5, 5.41) is 17.7. The molecule has 1 aromatic heterocycles. The van der Waals surface area contributed by atoms with Gasteiger partial charge in [-0.3, -0.25) is 9.59 Å². The lowest BCUT2D eigenvalue weighted by Crippen LogP contribution is -2.17. The number of hydrogen-bond acceptors (Lipinski definition) is 9. The van der Waals surface area contributed by atoms with Crippen molar-refractivity contribution in [2.75, 3.05) is 34.8 Å². The van der Waals surface area contributed by atoms with Crippen LogP contribution >= 0.6 is 11.8 Å². The SMILES string of the molecule is COc1ccc(/C=N/Nc2nnc(SCC(=O)Nc3cccc(NC(C)=O)c3)n2N)cc1. The number of carbonyl (C=O) groups is 2. The summed E-state index contributed by atoms with van der Waals surface area (Å²) in [5.74, 6) is 6.56. The first-order chi connectivity index (χ1) is 15.4. The Morgan fingerprint density at radius 1 is 1.16 bits per heavy atom. The lowest BCUT2D eigenvalue weighted by molar-refractivity contribution is -0.114. The summed E-state index contributed by atoms with van der Waals surface area (Å²) in [4.78, 5) is 23.4. The normalized spacial score (nSPS) is 10.7. The summed E-state index contributed by atoms with van der Waals surface area (Å²) in [6, 6.07) is 14.2. The molecule has 12 heteroatoms. The maximum Gasteiger partial charge on any atom is 0.264 e. The van der Waals surface area contributed by atoms with Crippen molar-refractivity contribution in [3.8, 4) is 5.75 Å². The number of benzene rings is 2. The molecule has 0 atom stereocenters. The van der Waals surface area contributed by atoms with Crippen LogP contribution in [0.15, 0.2) is 58.8 Å². The summed E-state index contributed by atoms with van der Waals surface area (Å²) in [6.45, 7) is 1.42. The first-order valence-corrected chi connectivity index (χ1v) is 10.4. The van der Waals surface area contributed by atoms with Gasteiger partial charge in [-0.2, -0.15) is 5.10 Å². The van der Waals surface area contributed by atoms with E-state index in [1.165, 1.54) is 11.6 Å². The van der Waals surface area contributed by atoms with E-state index in [-0.39, 0.29) is 23.5 Å². The summed E-state index contributed by atoms with van der Waals surface area (Å²) < 4.78 is 6.32. The molecule has 0 spiro atoms. The fourth-order valence-corrected chi connectivity index (χ4v) is 3.17. The zero-order valence-corrected chi connectivity index (χ0v) is 18.2. The van der Waals surface area contributed by atoms with Crippen LogP contribution in [0.1, 0.15) is 12.5 Å². The van der Waals surface area contributed by atoms with Crippen LogP contribution < -0.4 is 26.6 Å². The zero-order valence-electron chi connectivity index (χ0n) is 17.4. The average molecular weight is 455 g/mol. The third-order valence-electron chi connectivity index (χ3n) is 3.96. The fourth-order valence-electron chi connectivity index (χ4n) is 2.51. The lowest BCUT2D eigenvalue weighted by Gasteiger charge is -2.07. The molecule has 0 saturated heterocycles. The highest BCUT2D eigenvalue weighted by Crippen LogP contribution is 2.19. The first-order valence-electron chi connectivity index (χ1n) is 9.38. The van der Waals surface area contributed by atoms with Gasteiger partial charge in [0.2, 0.25) is 17.0 Å². The van der Waals surface area contributed by atoms with E-state index in [1.807, 2.05) is 24.3 Å². The summed E-state index contributed by atoms with van der Waals surface area (Å²) in [6.07, 6.45) is 1.60. The van der Waals surface area contributed by atoms with E-state index in [2.05, 4.69) is 31.4 Å². The lowest BCUT2D eigenvalue weighted by atomic mass is 10.2.